The van der Waals surface area contributed by atoms with Gasteiger partial charge in [0.1, 0.15) is 0 Å². The zero-order chi connectivity index (χ0) is 9.54. The lowest BCUT2D eigenvalue weighted by molar-refractivity contribution is 0.107. The summed E-state index contributed by atoms with van der Waals surface area (Å²) >= 11 is 0. The van der Waals surface area contributed by atoms with Crippen molar-refractivity contribution < 1.29 is 4.79 Å². The lowest BCUT2D eigenvalue weighted by atomic mass is 10.0. The second-order valence-corrected chi connectivity index (χ2v) is 3.31. The molecule has 14 heavy (non-hydrogen) atoms. The first-order chi connectivity index (χ1) is 6.86. The van der Waals surface area contributed by atoms with Gasteiger partial charge >= 0.3 is 0 Å². The van der Waals surface area contributed by atoms with Crippen LogP contribution in [0.3, 0.4) is 0 Å². The van der Waals surface area contributed by atoms with Crippen molar-refractivity contribution in [2.24, 2.45) is 4.99 Å². The normalized spacial score (nSPS) is 13.6. The average molecular weight is 181 g/mol. The van der Waals surface area contributed by atoms with E-state index in [1.54, 1.807) is 0 Å². The van der Waals surface area contributed by atoms with Crippen LogP contribution in [0.15, 0.2) is 41.4 Å². The van der Waals surface area contributed by atoms with Gasteiger partial charge in [-0.2, -0.15) is 0 Å². The summed E-state index contributed by atoms with van der Waals surface area (Å²) in [5.74, 6) is 0.00533. The van der Waals surface area contributed by atoms with E-state index in [1.807, 2.05) is 36.4 Å². The zero-order valence-corrected chi connectivity index (χ0v) is 7.40. The summed E-state index contributed by atoms with van der Waals surface area (Å²) in [6.07, 6.45) is 1.39. The fraction of sp³-hybridized carbons (Fsp3) is 0. The third kappa shape index (κ3) is 0.852. The minimum Gasteiger partial charge on any atom is -0.287 e. The maximum atomic E-state index is 11.4. The Bertz CT molecular complexity index is 570. The predicted molar refractivity (Wildman–Crippen MR) is 56.4 cm³/mol. The van der Waals surface area contributed by atoms with Gasteiger partial charge in [-0.05, 0) is 11.5 Å². The number of benzene rings is 2. The molecule has 2 aromatic carbocycles. The van der Waals surface area contributed by atoms with Gasteiger partial charge in [0.15, 0.2) is 0 Å². The number of carbonyl (C=O) groups excluding carboxylic acids is 1. The Kier molecular flexibility index (Phi) is 1.34. The molecule has 2 nitrogen and oxygen atoms in total. The van der Waals surface area contributed by atoms with Gasteiger partial charge in [0.2, 0.25) is 5.78 Å². The predicted octanol–water partition coefficient (Wildman–Crippen LogP) is 2.74. The van der Waals surface area contributed by atoms with Crippen LogP contribution in [-0.4, -0.2) is 12.0 Å². The molecule has 1 aliphatic heterocycles. The highest BCUT2D eigenvalue weighted by Gasteiger charge is 2.16. The van der Waals surface area contributed by atoms with Gasteiger partial charge in [-0.3, -0.25) is 9.79 Å². The third-order valence-corrected chi connectivity index (χ3v) is 2.48. The number of Topliss-reactive ketones (excluding diaryl/α,β-unsaturated/α-hetero) is 1. The molecule has 0 radical (unpaired) electrons. The monoisotopic (exact) mass is 181 g/mol. The van der Waals surface area contributed by atoms with Crippen LogP contribution in [0.2, 0.25) is 0 Å². The Morgan fingerprint density at radius 2 is 1.86 bits per heavy atom. The van der Waals surface area contributed by atoms with Crippen molar-refractivity contribution in [3.63, 3.8) is 0 Å². The Morgan fingerprint density at radius 1 is 1.00 bits per heavy atom. The van der Waals surface area contributed by atoms with Crippen molar-refractivity contribution in [3.8, 4) is 0 Å². The Morgan fingerprint density at radius 3 is 2.79 bits per heavy atom. The number of aliphatic imine (C=N–C) groups is 1. The summed E-state index contributed by atoms with van der Waals surface area (Å²) in [5.41, 5.74) is 1.52. The van der Waals surface area contributed by atoms with Crippen molar-refractivity contribution >= 4 is 28.5 Å². The van der Waals surface area contributed by atoms with Gasteiger partial charge < -0.3 is 0 Å². The highest BCUT2D eigenvalue weighted by atomic mass is 16.1. The number of nitrogens with zero attached hydrogens (tertiary/aromatic N) is 1. The van der Waals surface area contributed by atoms with Gasteiger partial charge in [-0.1, -0.05) is 30.3 Å². The molecule has 0 saturated heterocycles. The fourth-order valence-corrected chi connectivity index (χ4v) is 1.79. The second-order valence-electron chi connectivity index (χ2n) is 3.31. The number of carbonyl (C=O) groups is 1. The standard InChI is InChI=1S/C12H7NO/c14-11-7-13-12-9-4-2-1-3-8(9)5-6-10(11)12/h1-7H. The molecule has 3 rings (SSSR count). The van der Waals surface area contributed by atoms with Crippen LogP contribution in [0.25, 0.3) is 10.8 Å². The van der Waals surface area contributed by atoms with Gasteiger partial charge in [-0.15, -0.1) is 0 Å². The van der Waals surface area contributed by atoms with Gasteiger partial charge in [0.05, 0.1) is 11.9 Å². The summed E-state index contributed by atoms with van der Waals surface area (Å²) in [7, 11) is 0. The molecular formula is C12H7NO. The Balaban J connectivity index is 2.49. The number of fused-ring (bicyclic) bond motifs is 3. The van der Waals surface area contributed by atoms with E-state index in [2.05, 4.69) is 4.99 Å². The van der Waals surface area contributed by atoms with Gasteiger partial charge in [-0.25, -0.2) is 0 Å². The first-order valence-corrected chi connectivity index (χ1v) is 4.46. The van der Waals surface area contributed by atoms with Crippen LogP contribution in [0.1, 0.15) is 10.4 Å². The van der Waals surface area contributed by atoms with Crippen LogP contribution >= 0.6 is 0 Å². The highest BCUT2D eigenvalue weighted by molar-refractivity contribution is 6.41. The van der Waals surface area contributed by atoms with Crippen molar-refractivity contribution in [1.29, 1.82) is 0 Å². The van der Waals surface area contributed by atoms with Crippen molar-refractivity contribution in [3.05, 3.63) is 42.0 Å². The van der Waals surface area contributed by atoms with E-state index in [0.717, 1.165) is 16.5 Å². The van der Waals surface area contributed by atoms with Crippen LogP contribution in [0, 0.1) is 0 Å². The summed E-state index contributed by atoms with van der Waals surface area (Å²) in [6, 6.07) is 11.8. The number of ketones is 1. The molecule has 0 atom stereocenters. The average Bonchev–Trinajstić information content (AvgIpc) is 2.61. The highest BCUT2D eigenvalue weighted by Crippen LogP contribution is 2.32. The zero-order valence-electron chi connectivity index (χ0n) is 7.40. The molecule has 66 valence electrons. The molecule has 0 aliphatic carbocycles. The molecule has 1 heterocycles. The van der Waals surface area contributed by atoms with E-state index in [1.165, 1.54) is 6.21 Å². The molecule has 0 aromatic heterocycles. The van der Waals surface area contributed by atoms with Crippen molar-refractivity contribution in [2.45, 2.75) is 0 Å². The Hall–Kier alpha value is -1.96. The molecule has 0 spiro atoms. The first kappa shape index (κ1) is 7.44. The quantitative estimate of drug-likeness (QED) is 0.614. The molecule has 0 amide bonds. The van der Waals surface area contributed by atoms with Gasteiger partial charge in [0.25, 0.3) is 0 Å². The number of hydrogen-bond acceptors (Lipinski definition) is 2. The largest absolute Gasteiger partial charge is 0.287 e. The summed E-state index contributed by atoms with van der Waals surface area (Å²) in [5, 5.41) is 2.17. The smallest absolute Gasteiger partial charge is 0.206 e. The van der Waals surface area contributed by atoms with E-state index in [0.29, 0.717) is 5.56 Å². The van der Waals surface area contributed by atoms with Gasteiger partial charge in [0, 0.05) is 10.9 Å². The van der Waals surface area contributed by atoms with Crippen LogP contribution in [-0.2, 0) is 0 Å². The molecule has 0 fully saturated rings. The molecule has 0 saturated carbocycles. The third-order valence-electron chi connectivity index (χ3n) is 2.48. The molecule has 2 heteroatoms. The van der Waals surface area contributed by atoms with E-state index in [9.17, 15) is 4.79 Å². The lowest BCUT2D eigenvalue weighted by Gasteiger charge is -2.01. The lowest BCUT2D eigenvalue weighted by Crippen LogP contribution is -1.93. The summed E-state index contributed by atoms with van der Waals surface area (Å²) in [6.45, 7) is 0. The first-order valence-electron chi connectivity index (χ1n) is 4.46. The van der Waals surface area contributed by atoms with E-state index >= 15 is 0 Å². The topological polar surface area (TPSA) is 29.4 Å². The Labute approximate surface area is 80.9 Å². The van der Waals surface area contributed by atoms with E-state index in [-0.39, 0.29) is 5.78 Å². The molecular weight excluding hydrogens is 174 g/mol. The molecule has 0 unspecified atom stereocenters. The van der Waals surface area contributed by atoms with Crippen molar-refractivity contribution in [1.82, 2.24) is 0 Å². The minimum absolute atomic E-state index is 0.00533. The van der Waals surface area contributed by atoms with Crippen LogP contribution in [0.5, 0.6) is 0 Å². The van der Waals surface area contributed by atoms with Crippen molar-refractivity contribution in [2.75, 3.05) is 0 Å². The molecule has 0 N–H and O–H groups in total. The van der Waals surface area contributed by atoms with E-state index in [4.69, 9.17) is 0 Å². The van der Waals surface area contributed by atoms with Crippen LogP contribution in [0.4, 0.5) is 5.69 Å². The fourth-order valence-electron chi connectivity index (χ4n) is 1.79. The minimum atomic E-state index is 0.00533. The summed E-state index contributed by atoms with van der Waals surface area (Å²) in [4.78, 5) is 15.5. The number of hydrogen-bond donors (Lipinski definition) is 0. The SMILES string of the molecule is O=C1C=Nc2c1ccc1ccccc21. The van der Waals surface area contributed by atoms with Crippen LogP contribution < -0.4 is 0 Å². The second kappa shape index (κ2) is 2.51. The maximum absolute atomic E-state index is 11.4. The molecule has 1 aliphatic rings. The molecule has 2 aromatic rings. The molecule has 0 bridgehead atoms. The summed E-state index contributed by atoms with van der Waals surface area (Å²) < 4.78 is 0. The number of rotatable bonds is 0. The van der Waals surface area contributed by atoms with E-state index < -0.39 is 0 Å². The maximum Gasteiger partial charge on any atom is 0.206 e.